The van der Waals surface area contributed by atoms with E-state index < -0.39 is 0 Å². The molecule has 0 bridgehead atoms. The van der Waals surface area contributed by atoms with Gasteiger partial charge in [0.2, 0.25) is 5.91 Å². The average molecular weight is 233 g/mol. The number of nitrogens with zero attached hydrogens (tertiary/aromatic N) is 1. The van der Waals surface area contributed by atoms with Gasteiger partial charge in [-0.2, -0.15) is 0 Å². The van der Waals surface area contributed by atoms with Gasteiger partial charge in [0.25, 0.3) is 0 Å². The van der Waals surface area contributed by atoms with E-state index in [1.54, 1.807) is 6.92 Å². The molecule has 1 saturated heterocycles. The topological polar surface area (TPSA) is 37.4 Å². The zero-order valence-corrected chi connectivity index (χ0v) is 10.5. The van der Waals surface area contributed by atoms with Gasteiger partial charge in [0.1, 0.15) is 0 Å². The maximum Gasteiger partial charge on any atom is 0.250 e. The van der Waals surface area contributed by atoms with E-state index in [1.165, 1.54) is 6.42 Å². The normalized spacial score (nSPS) is 37.3. The lowest BCUT2D eigenvalue weighted by Gasteiger charge is -2.36. The second kappa shape index (κ2) is 3.69. The van der Waals surface area contributed by atoms with E-state index in [1.807, 2.05) is 11.8 Å². The molecule has 0 aromatic rings. The molecule has 0 unspecified atom stereocenters. The molecular formula is C14H19NO2. The predicted molar refractivity (Wildman–Crippen MR) is 64.3 cm³/mol. The molecule has 1 saturated carbocycles. The maximum atomic E-state index is 12.4. The number of Topliss-reactive ketones (excluding diaryl/α,β-unsaturated/α-hetero) is 1. The summed E-state index contributed by atoms with van der Waals surface area (Å²) in [6, 6.07) is 0.205. The number of hydrogen-bond acceptors (Lipinski definition) is 2. The van der Waals surface area contributed by atoms with Crippen LogP contribution in [-0.2, 0) is 9.59 Å². The minimum absolute atomic E-state index is 0.0812. The average Bonchev–Trinajstić information content (AvgIpc) is 2.76. The van der Waals surface area contributed by atoms with Crippen molar-refractivity contribution in [2.24, 2.45) is 11.8 Å². The number of carbonyl (C=O) groups is 2. The summed E-state index contributed by atoms with van der Waals surface area (Å²) in [6.07, 6.45) is 4.39. The molecule has 3 rings (SSSR count). The van der Waals surface area contributed by atoms with Crippen molar-refractivity contribution in [3.05, 3.63) is 11.1 Å². The van der Waals surface area contributed by atoms with E-state index in [2.05, 4.69) is 0 Å². The number of allylic oxidation sites excluding steroid dienone is 1. The van der Waals surface area contributed by atoms with E-state index in [0.717, 1.165) is 25.8 Å². The Morgan fingerprint density at radius 2 is 1.82 bits per heavy atom. The molecule has 0 aromatic heterocycles. The monoisotopic (exact) mass is 233 g/mol. The molecule has 2 aliphatic heterocycles. The Morgan fingerprint density at radius 3 is 2.59 bits per heavy atom. The molecule has 1 amide bonds. The van der Waals surface area contributed by atoms with Crippen LogP contribution in [0.4, 0.5) is 0 Å². The molecule has 1 aliphatic carbocycles. The highest BCUT2D eigenvalue weighted by Gasteiger charge is 2.48. The van der Waals surface area contributed by atoms with Crippen molar-refractivity contribution < 1.29 is 9.59 Å². The van der Waals surface area contributed by atoms with Gasteiger partial charge in [0.15, 0.2) is 5.78 Å². The molecule has 17 heavy (non-hydrogen) atoms. The van der Waals surface area contributed by atoms with Crippen LogP contribution in [-0.4, -0.2) is 29.2 Å². The number of rotatable bonds is 0. The summed E-state index contributed by atoms with van der Waals surface area (Å²) in [5.74, 6) is 0.987. The number of hydrogen-bond donors (Lipinski definition) is 0. The first kappa shape index (κ1) is 11.0. The molecule has 2 fully saturated rings. The van der Waals surface area contributed by atoms with Gasteiger partial charge in [0.05, 0.1) is 0 Å². The lowest BCUT2D eigenvalue weighted by molar-refractivity contribution is -0.130. The van der Waals surface area contributed by atoms with Crippen molar-refractivity contribution in [1.82, 2.24) is 4.90 Å². The van der Waals surface area contributed by atoms with Crippen molar-refractivity contribution in [2.45, 2.75) is 45.6 Å². The van der Waals surface area contributed by atoms with Crippen LogP contribution in [0.3, 0.4) is 0 Å². The first-order valence-electron chi connectivity index (χ1n) is 6.64. The second-order valence-electron chi connectivity index (χ2n) is 5.69. The molecule has 3 aliphatic rings. The van der Waals surface area contributed by atoms with Crippen molar-refractivity contribution in [3.63, 3.8) is 0 Å². The van der Waals surface area contributed by atoms with Gasteiger partial charge in [-0.3, -0.25) is 9.59 Å². The van der Waals surface area contributed by atoms with Gasteiger partial charge in [-0.25, -0.2) is 0 Å². The fourth-order valence-electron chi connectivity index (χ4n) is 3.87. The number of ketones is 1. The standard InChI is InChI=1S/C14H19NO2/c1-8-9(2)14(17)15-7-6-10-4-3-5-11(12(10)15)13(8)16/h10-12H,3-7H2,1-2H3/t10-,11-,12+/m0/s1. The zero-order chi connectivity index (χ0) is 12.2. The highest BCUT2D eigenvalue weighted by molar-refractivity contribution is 6.08. The van der Waals surface area contributed by atoms with Crippen molar-refractivity contribution in [3.8, 4) is 0 Å². The van der Waals surface area contributed by atoms with Crippen LogP contribution >= 0.6 is 0 Å². The third-order valence-electron chi connectivity index (χ3n) is 4.94. The molecule has 0 aromatic carbocycles. The fraction of sp³-hybridized carbons (Fsp3) is 0.714. The molecule has 0 spiro atoms. The largest absolute Gasteiger partial charge is 0.335 e. The van der Waals surface area contributed by atoms with Crippen LogP contribution < -0.4 is 0 Å². The van der Waals surface area contributed by atoms with Crippen LogP contribution in [0, 0.1) is 11.8 Å². The summed E-state index contributed by atoms with van der Waals surface area (Å²) in [6.45, 7) is 4.48. The maximum absolute atomic E-state index is 12.4. The van der Waals surface area contributed by atoms with Crippen molar-refractivity contribution >= 4 is 11.7 Å². The Labute approximate surface area is 102 Å². The van der Waals surface area contributed by atoms with Gasteiger partial charge < -0.3 is 4.90 Å². The Kier molecular flexibility index (Phi) is 2.39. The molecular weight excluding hydrogens is 214 g/mol. The first-order valence-corrected chi connectivity index (χ1v) is 6.64. The highest BCUT2D eigenvalue weighted by atomic mass is 16.2. The van der Waals surface area contributed by atoms with Crippen LogP contribution in [0.2, 0.25) is 0 Å². The van der Waals surface area contributed by atoms with E-state index in [0.29, 0.717) is 17.1 Å². The molecule has 3 nitrogen and oxygen atoms in total. The van der Waals surface area contributed by atoms with Crippen molar-refractivity contribution in [1.29, 1.82) is 0 Å². The van der Waals surface area contributed by atoms with E-state index in [-0.39, 0.29) is 23.7 Å². The molecule has 3 heteroatoms. The summed E-state index contributed by atoms with van der Waals surface area (Å²) in [5, 5.41) is 0. The predicted octanol–water partition coefficient (Wildman–Crippen LogP) is 1.92. The van der Waals surface area contributed by atoms with Crippen LogP contribution in [0.15, 0.2) is 11.1 Å². The molecule has 92 valence electrons. The third-order valence-corrected chi connectivity index (χ3v) is 4.94. The van der Waals surface area contributed by atoms with Crippen LogP contribution in [0.1, 0.15) is 39.5 Å². The highest BCUT2D eigenvalue weighted by Crippen LogP contribution is 2.43. The summed E-state index contributed by atoms with van der Waals surface area (Å²) >= 11 is 0. The molecule has 0 N–H and O–H groups in total. The number of carbonyl (C=O) groups excluding carboxylic acids is 2. The second-order valence-corrected chi connectivity index (χ2v) is 5.69. The lowest BCUT2D eigenvalue weighted by atomic mass is 9.74. The summed E-state index contributed by atoms with van der Waals surface area (Å²) < 4.78 is 0. The SMILES string of the molecule is CC1=C(C)C(=O)N2CC[C@@H]3CCC[C@H](C1=O)[C@@H]32. The van der Waals surface area contributed by atoms with Gasteiger partial charge >= 0.3 is 0 Å². The van der Waals surface area contributed by atoms with Gasteiger partial charge in [0, 0.05) is 29.7 Å². The van der Waals surface area contributed by atoms with Gasteiger partial charge in [-0.1, -0.05) is 6.42 Å². The van der Waals surface area contributed by atoms with Gasteiger partial charge in [-0.05, 0) is 39.0 Å². The van der Waals surface area contributed by atoms with Crippen molar-refractivity contribution in [2.75, 3.05) is 6.54 Å². The minimum Gasteiger partial charge on any atom is -0.335 e. The van der Waals surface area contributed by atoms with Gasteiger partial charge in [-0.15, -0.1) is 0 Å². The molecule has 3 atom stereocenters. The minimum atomic E-state index is 0.0812. The number of amides is 1. The summed E-state index contributed by atoms with van der Waals surface area (Å²) in [4.78, 5) is 26.7. The first-order chi connectivity index (χ1) is 8.11. The Balaban J connectivity index is 2.08. The molecule has 0 radical (unpaired) electrons. The summed E-state index contributed by atoms with van der Waals surface area (Å²) in [5.41, 5.74) is 1.38. The van der Waals surface area contributed by atoms with E-state index in [9.17, 15) is 9.59 Å². The molecule has 2 heterocycles. The summed E-state index contributed by atoms with van der Waals surface area (Å²) in [7, 11) is 0. The fourth-order valence-corrected chi connectivity index (χ4v) is 3.87. The van der Waals surface area contributed by atoms with Crippen LogP contribution in [0.5, 0.6) is 0 Å². The smallest absolute Gasteiger partial charge is 0.250 e. The Bertz CT molecular complexity index is 420. The third kappa shape index (κ3) is 1.41. The zero-order valence-electron chi connectivity index (χ0n) is 10.5. The van der Waals surface area contributed by atoms with Crippen LogP contribution in [0.25, 0.3) is 0 Å². The van der Waals surface area contributed by atoms with E-state index in [4.69, 9.17) is 0 Å². The lowest BCUT2D eigenvalue weighted by Crippen LogP contribution is -2.45. The quantitative estimate of drug-likeness (QED) is 0.641. The van der Waals surface area contributed by atoms with E-state index >= 15 is 0 Å². The Morgan fingerprint density at radius 1 is 1.06 bits per heavy atom. The Hall–Kier alpha value is -1.12.